The van der Waals surface area contributed by atoms with Gasteiger partial charge in [-0.3, -0.25) is 9.69 Å². The molecule has 2 bridgehead atoms. The van der Waals surface area contributed by atoms with E-state index < -0.39 is 11.0 Å². The maximum absolute atomic E-state index is 13.6. The van der Waals surface area contributed by atoms with Crippen LogP contribution in [0.3, 0.4) is 0 Å². The minimum Gasteiger partial charge on any atom is -0.497 e. The number of Topliss-reactive ketones (excluding diaryl/α,β-unsaturated/α-hetero) is 1. The summed E-state index contributed by atoms with van der Waals surface area (Å²) < 4.78 is 11.5. The molecule has 0 aromatic heterocycles. The second-order valence-corrected chi connectivity index (χ2v) is 11.3. The standard InChI is InChI=1S/C30H37NO4/c1-34-25-10-9-23-15-28-30(33)17-24(11-14-35-20-22-5-3-2-4-6-22)27(32)18-29(30,26(23)16-25)12-13-31(28)19-21-7-8-21/h2-6,9-10,16,21,24,28,33H,7-8,11-15,17-20H2,1H3/t24?,28-,29-,30-/m1/s1. The van der Waals surface area contributed by atoms with E-state index in [1.54, 1.807) is 7.11 Å². The fourth-order valence-corrected chi connectivity index (χ4v) is 7.21. The minimum atomic E-state index is -0.905. The molecule has 1 heterocycles. The number of benzene rings is 2. The fourth-order valence-electron chi connectivity index (χ4n) is 7.21. The Kier molecular flexibility index (Phi) is 5.98. The van der Waals surface area contributed by atoms with Crippen LogP contribution in [0.4, 0.5) is 0 Å². The van der Waals surface area contributed by atoms with Gasteiger partial charge < -0.3 is 14.6 Å². The zero-order valence-corrected chi connectivity index (χ0v) is 20.7. The average molecular weight is 476 g/mol. The minimum absolute atomic E-state index is 0.0681. The van der Waals surface area contributed by atoms with Gasteiger partial charge in [-0.25, -0.2) is 0 Å². The maximum Gasteiger partial charge on any atom is 0.137 e. The number of hydrogen-bond donors (Lipinski definition) is 1. The van der Waals surface area contributed by atoms with Gasteiger partial charge in [0.2, 0.25) is 0 Å². The lowest BCUT2D eigenvalue weighted by atomic mass is 9.47. The van der Waals surface area contributed by atoms with Crippen molar-refractivity contribution in [3.63, 3.8) is 0 Å². The number of piperidine rings is 1. The summed E-state index contributed by atoms with van der Waals surface area (Å²) in [5.41, 5.74) is 2.14. The van der Waals surface area contributed by atoms with Crippen LogP contribution in [0.5, 0.6) is 5.75 Å². The number of rotatable bonds is 8. The molecule has 3 aliphatic carbocycles. The highest BCUT2D eigenvalue weighted by atomic mass is 16.5. The van der Waals surface area contributed by atoms with Crippen molar-refractivity contribution in [1.29, 1.82) is 0 Å². The molecule has 35 heavy (non-hydrogen) atoms. The molecule has 1 N–H and O–H groups in total. The number of likely N-dealkylation sites (tertiary alicyclic amines) is 1. The predicted octanol–water partition coefficient (Wildman–Crippen LogP) is 4.29. The lowest BCUT2D eigenvalue weighted by Crippen LogP contribution is -2.74. The van der Waals surface area contributed by atoms with E-state index in [-0.39, 0.29) is 17.7 Å². The first kappa shape index (κ1) is 23.2. The first-order chi connectivity index (χ1) is 17.0. The molecule has 0 spiro atoms. The van der Waals surface area contributed by atoms with Gasteiger partial charge in [0.25, 0.3) is 0 Å². The highest BCUT2D eigenvalue weighted by molar-refractivity contribution is 5.85. The Morgan fingerprint density at radius 1 is 1.14 bits per heavy atom. The van der Waals surface area contributed by atoms with E-state index in [0.717, 1.165) is 48.7 Å². The predicted molar refractivity (Wildman–Crippen MR) is 134 cm³/mol. The van der Waals surface area contributed by atoms with E-state index in [1.807, 2.05) is 24.3 Å². The normalized spacial score (nSPS) is 32.1. The molecule has 4 aliphatic rings. The highest BCUT2D eigenvalue weighted by Crippen LogP contribution is 2.59. The van der Waals surface area contributed by atoms with Crippen LogP contribution in [0, 0.1) is 11.8 Å². The molecule has 3 fully saturated rings. The summed E-state index contributed by atoms with van der Waals surface area (Å²) >= 11 is 0. The van der Waals surface area contributed by atoms with Crippen LogP contribution in [0.25, 0.3) is 0 Å². The van der Waals surface area contributed by atoms with E-state index in [1.165, 1.54) is 18.4 Å². The number of fused-ring (bicyclic) bond motifs is 1. The molecule has 1 aliphatic heterocycles. The molecule has 2 saturated carbocycles. The number of carbonyl (C=O) groups excluding carboxylic acids is 1. The molecule has 2 aromatic carbocycles. The summed E-state index contributed by atoms with van der Waals surface area (Å²) in [6, 6.07) is 16.5. The smallest absolute Gasteiger partial charge is 0.137 e. The number of nitrogens with zero attached hydrogens (tertiary/aromatic N) is 1. The molecule has 0 amide bonds. The molecule has 2 aromatic rings. The van der Waals surface area contributed by atoms with Crippen LogP contribution in [0.1, 0.15) is 55.2 Å². The highest BCUT2D eigenvalue weighted by Gasteiger charge is 2.66. The molecule has 5 nitrogen and oxygen atoms in total. The third-order valence-electron chi connectivity index (χ3n) is 9.29. The van der Waals surface area contributed by atoms with Gasteiger partial charge in [-0.1, -0.05) is 36.4 Å². The van der Waals surface area contributed by atoms with Gasteiger partial charge in [0.15, 0.2) is 0 Å². The zero-order valence-electron chi connectivity index (χ0n) is 20.7. The van der Waals surface area contributed by atoms with Crippen molar-refractivity contribution in [2.45, 2.75) is 68.6 Å². The molecule has 1 unspecified atom stereocenters. The molecular weight excluding hydrogens is 438 g/mol. The lowest BCUT2D eigenvalue weighted by molar-refractivity contribution is -0.183. The average Bonchev–Trinajstić information content (AvgIpc) is 3.69. The van der Waals surface area contributed by atoms with Crippen molar-refractivity contribution in [2.75, 3.05) is 26.8 Å². The Balaban J connectivity index is 1.26. The van der Waals surface area contributed by atoms with Crippen LogP contribution < -0.4 is 4.74 Å². The summed E-state index contributed by atoms with van der Waals surface area (Å²) in [6.07, 6.45) is 5.90. The Bertz CT molecular complexity index is 1080. The third kappa shape index (κ3) is 4.02. The SMILES string of the molecule is COc1ccc2c(c1)[C@]13CCN(CC4CC4)[C@H](C2)[C@]1(O)CC(CCOCc1ccccc1)C(=O)C3. The van der Waals surface area contributed by atoms with Crippen molar-refractivity contribution in [2.24, 2.45) is 11.8 Å². The van der Waals surface area contributed by atoms with Crippen molar-refractivity contribution >= 4 is 5.78 Å². The van der Waals surface area contributed by atoms with Gasteiger partial charge in [0.1, 0.15) is 11.5 Å². The van der Waals surface area contributed by atoms with E-state index in [4.69, 9.17) is 9.47 Å². The molecular formula is C30H37NO4. The lowest BCUT2D eigenvalue weighted by Gasteiger charge is -2.64. The van der Waals surface area contributed by atoms with Crippen LogP contribution in [0.15, 0.2) is 48.5 Å². The van der Waals surface area contributed by atoms with E-state index in [2.05, 4.69) is 29.2 Å². The van der Waals surface area contributed by atoms with E-state index in [0.29, 0.717) is 32.5 Å². The number of hydrogen-bond acceptors (Lipinski definition) is 5. The maximum atomic E-state index is 13.6. The van der Waals surface area contributed by atoms with Gasteiger partial charge in [-0.05, 0) is 79.8 Å². The van der Waals surface area contributed by atoms with E-state index >= 15 is 0 Å². The van der Waals surface area contributed by atoms with Crippen LogP contribution in [-0.4, -0.2) is 54.2 Å². The molecule has 6 rings (SSSR count). The molecule has 4 atom stereocenters. The quantitative estimate of drug-likeness (QED) is 0.577. The topological polar surface area (TPSA) is 59.0 Å². The summed E-state index contributed by atoms with van der Waals surface area (Å²) in [5.74, 6) is 1.71. The van der Waals surface area contributed by atoms with Gasteiger partial charge >= 0.3 is 0 Å². The van der Waals surface area contributed by atoms with Gasteiger partial charge in [0, 0.05) is 36.9 Å². The second-order valence-electron chi connectivity index (χ2n) is 11.3. The van der Waals surface area contributed by atoms with Crippen LogP contribution in [0.2, 0.25) is 0 Å². The molecule has 1 saturated heterocycles. The summed E-state index contributed by atoms with van der Waals surface area (Å²) in [4.78, 5) is 16.1. The Hall–Kier alpha value is -2.21. The number of methoxy groups -OCH3 is 1. The summed E-state index contributed by atoms with van der Waals surface area (Å²) in [6.45, 7) is 3.13. The van der Waals surface area contributed by atoms with Crippen molar-refractivity contribution in [3.05, 3.63) is 65.2 Å². The second kappa shape index (κ2) is 9.02. The number of ether oxygens (including phenoxy) is 2. The Morgan fingerprint density at radius 3 is 2.74 bits per heavy atom. The van der Waals surface area contributed by atoms with Crippen molar-refractivity contribution in [1.82, 2.24) is 4.90 Å². The van der Waals surface area contributed by atoms with Crippen LogP contribution >= 0.6 is 0 Å². The van der Waals surface area contributed by atoms with Crippen LogP contribution in [-0.2, 0) is 28.0 Å². The largest absolute Gasteiger partial charge is 0.497 e. The summed E-state index contributed by atoms with van der Waals surface area (Å²) in [5, 5.41) is 12.6. The number of carbonyl (C=O) groups is 1. The van der Waals surface area contributed by atoms with Crippen molar-refractivity contribution in [3.8, 4) is 5.75 Å². The monoisotopic (exact) mass is 475 g/mol. The fraction of sp³-hybridized carbons (Fsp3) is 0.567. The van der Waals surface area contributed by atoms with Gasteiger partial charge in [-0.15, -0.1) is 0 Å². The Labute approximate surface area is 208 Å². The van der Waals surface area contributed by atoms with Gasteiger partial charge in [0.05, 0.1) is 19.3 Å². The third-order valence-corrected chi connectivity index (χ3v) is 9.29. The number of ketones is 1. The van der Waals surface area contributed by atoms with Crippen molar-refractivity contribution < 1.29 is 19.4 Å². The van der Waals surface area contributed by atoms with Gasteiger partial charge in [-0.2, -0.15) is 0 Å². The Morgan fingerprint density at radius 2 is 1.97 bits per heavy atom. The first-order valence-electron chi connectivity index (χ1n) is 13.3. The number of aliphatic hydroxyl groups is 1. The summed E-state index contributed by atoms with van der Waals surface area (Å²) in [7, 11) is 1.69. The molecule has 186 valence electrons. The molecule has 5 heteroatoms. The van der Waals surface area contributed by atoms with E-state index in [9.17, 15) is 9.90 Å². The zero-order chi connectivity index (χ0) is 24.0. The molecule has 0 radical (unpaired) electrons. The first-order valence-corrected chi connectivity index (χ1v) is 13.3.